The minimum atomic E-state index is -0.890. The molecule has 2 aliphatic carbocycles. The van der Waals surface area contributed by atoms with Crippen molar-refractivity contribution in [3.05, 3.63) is 105 Å². The molecule has 2 aliphatic rings. The topological polar surface area (TPSA) is 88.5 Å². The summed E-state index contributed by atoms with van der Waals surface area (Å²) in [7, 11) is 0. The van der Waals surface area contributed by atoms with E-state index in [1.54, 1.807) is 54.6 Å². The van der Waals surface area contributed by atoms with Crippen molar-refractivity contribution in [1.29, 1.82) is 0 Å². The van der Waals surface area contributed by atoms with Gasteiger partial charge in [-0.05, 0) is 18.1 Å². The van der Waals surface area contributed by atoms with E-state index in [0.717, 1.165) is 0 Å². The molecule has 0 radical (unpaired) electrons. The van der Waals surface area contributed by atoms with E-state index in [9.17, 15) is 24.3 Å². The van der Waals surface area contributed by atoms with Gasteiger partial charge in [-0.3, -0.25) is 19.2 Å². The highest BCUT2D eigenvalue weighted by atomic mass is 16.3. The van der Waals surface area contributed by atoms with Gasteiger partial charge in [-0.25, -0.2) is 0 Å². The third-order valence-corrected chi connectivity index (χ3v) is 5.91. The Kier molecular flexibility index (Phi) is 4.08. The predicted octanol–water partition coefficient (Wildman–Crippen LogP) is 4.22. The van der Waals surface area contributed by atoms with Crippen molar-refractivity contribution in [3.8, 4) is 0 Å². The lowest BCUT2D eigenvalue weighted by Gasteiger charge is -2.25. The summed E-state index contributed by atoms with van der Waals surface area (Å²) in [6.07, 6.45) is 0.436. The number of benzene rings is 3. The van der Waals surface area contributed by atoms with E-state index in [1.807, 2.05) is 6.92 Å². The van der Waals surface area contributed by atoms with Crippen molar-refractivity contribution in [2.75, 3.05) is 0 Å². The van der Waals surface area contributed by atoms with Crippen molar-refractivity contribution in [1.82, 2.24) is 0 Å². The van der Waals surface area contributed by atoms with E-state index in [-0.39, 0.29) is 50.5 Å². The Hall–Kier alpha value is -4.12. The van der Waals surface area contributed by atoms with Crippen molar-refractivity contribution < 1.29 is 24.3 Å². The smallest absolute Gasteiger partial charge is 0.237 e. The van der Waals surface area contributed by atoms with Crippen LogP contribution in [0.2, 0.25) is 0 Å². The number of aliphatic hydroxyl groups is 1. The van der Waals surface area contributed by atoms with Gasteiger partial charge < -0.3 is 5.11 Å². The second-order valence-corrected chi connectivity index (χ2v) is 7.51. The van der Waals surface area contributed by atoms with Gasteiger partial charge in [0.05, 0.1) is 5.57 Å². The van der Waals surface area contributed by atoms with Crippen molar-refractivity contribution in [3.63, 3.8) is 0 Å². The molecule has 1 N–H and O–H groups in total. The molecule has 0 bridgehead atoms. The summed E-state index contributed by atoms with van der Waals surface area (Å²) in [5, 5.41) is 11.0. The standard InChI is InChI=1S/C26H16O5/c1-2-13-11-12-18-20(23(28)15-8-4-3-7-14(15)22(18)27)19(13)21-24(29)16-9-5-6-10-17(16)25(30)26(21)31/h3-12,29H,2H2,1H3. The molecule has 3 aromatic carbocycles. The number of hydrogen-bond acceptors (Lipinski definition) is 5. The number of rotatable bonds is 2. The first-order valence-electron chi connectivity index (χ1n) is 9.92. The number of carbonyl (C=O) groups excluding carboxylic acids is 4. The van der Waals surface area contributed by atoms with Crippen LogP contribution in [0.25, 0.3) is 11.3 Å². The summed E-state index contributed by atoms with van der Waals surface area (Å²) in [5.74, 6) is -2.74. The molecule has 0 aliphatic heterocycles. The fraction of sp³-hybridized carbons (Fsp3) is 0.0769. The highest BCUT2D eigenvalue weighted by Crippen LogP contribution is 2.40. The van der Waals surface area contributed by atoms with Crippen LogP contribution in [0.3, 0.4) is 0 Å². The molecule has 0 spiro atoms. The Bertz CT molecular complexity index is 1390. The average Bonchev–Trinajstić information content (AvgIpc) is 2.81. The van der Waals surface area contributed by atoms with E-state index >= 15 is 0 Å². The molecule has 0 saturated carbocycles. The fourth-order valence-electron chi connectivity index (χ4n) is 4.41. The number of Topliss-reactive ketones (excluding diaryl/α,β-unsaturated/α-hetero) is 2. The van der Waals surface area contributed by atoms with Crippen LogP contribution in [0.1, 0.15) is 65.8 Å². The summed E-state index contributed by atoms with van der Waals surface area (Å²) >= 11 is 0. The van der Waals surface area contributed by atoms with Crippen LogP contribution >= 0.6 is 0 Å². The van der Waals surface area contributed by atoms with Crippen LogP contribution in [0.15, 0.2) is 60.7 Å². The predicted molar refractivity (Wildman–Crippen MR) is 114 cm³/mol. The zero-order valence-corrected chi connectivity index (χ0v) is 16.6. The van der Waals surface area contributed by atoms with E-state index in [0.29, 0.717) is 17.5 Å². The molecule has 3 aromatic rings. The van der Waals surface area contributed by atoms with Crippen LogP contribution in [0.5, 0.6) is 0 Å². The summed E-state index contributed by atoms with van der Waals surface area (Å²) in [4.78, 5) is 52.5. The Morgan fingerprint density at radius 2 is 1.13 bits per heavy atom. The van der Waals surface area contributed by atoms with Crippen LogP contribution < -0.4 is 0 Å². The maximum atomic E-state index is 13.5. The normalized spacial score (nSPS) is 15.0. The molecule has 0 atom stereocenters. The second-order valence-electron chi connectivity index (χ2n) is 7.51. The van der Waals surface area contributed by atoms with Crippen LogP contribution in [-0.2, 0) is 11.2 Å². The lowest BCUT2D eigenvalue weighted by atomic mass is 9.75. The maximum absolute atomic E-state index is 13.5. The van der Waals surface area contributed by atoms with E-state index < -0.39 is 17.3 Å². The third-order valence-electron chi connectivity index (χ3n) is 5.91. The van der Waals surface area contributed by atoms with Gasteiger partial charge in [-0.15, -0.1) is 0 Å². The van der Waals surface area contributed by atoms with Gasteiger partial charge in [0.15, 0.2) is 11.6 Å². The SMILES string of the molecule is CCc1ccc2c(c1C1=C(O)c3ccccc3C(=O)C1=O)C(=O)c1ccccc1C2=O. The molecular weight excluding hydrogens is 392 g/mol. The molecule has 0 saturated heterocycles. The number of aryl methyl sites for hydroxylation is 1. The molecule has 0 aromatic heterocycles. The van der Waals surface area contributed by atoms with Crippen molar-refractivity contribution in [2.24, 2.45) is 0 Å². The lowest BCUT2D eigenvalue weighted by Crippen LogP contribution is -2.28. The first-order chi connectivity index (χ1) is 15.0. The molecule has 5 nitrogen and oxygen atoms in total. The van der Waals surface area contributed by atoms with Gasteiger partial charge in [-0.1, -0.05) is 61.5 Å². The molecule has 0 amide bonds. The zero-order chi connectivity index (χ0) is 21.9. The number of carbonyl (C=O) groups is 4. The third kappa shape index (κ3) is 2.50. The van der Waals surface area contributed by atoms with Gasteiger partial charge in [0, 0.05) is 38.9 Å². The highest BCUT2D eigenvalue weighted by molar-refractivity contribution is 6.62. The number of aliphatic hydroxyl groups excluding tert-OH is 1. The Morgan fingerprint density at radius 3 is 1.74 bits per heavy atom. The van der Waals surface area contributed by atoms with Crippen molar-refractivity contribution in [2.45, 2.75) is 13.3 Å². The number of hydrogen-bond donors (Lipinski definition) is 1. The quantitative estimate of drug-likeness (QED) is 0.502. The van der Waals surface area contributed by atoms with E-state index in [4.69, 9.17) is 0 Å². The van der Waals surface area contributed by atoms with Crippen LogP contribution in [0, 0.1) is 0 Å². The first-order valence-corrected chi connectivity index (χ1v) is 9.92. The first kappa shape index (κ1) is 18.9. The van der Waals surface area contributed by atoms with Crippen LogP contribution in [-0.4, -0.2) is 28.2 Å². The molecule has 5 rings (SSSR count). The highest BCUT2D eigenvalue weighted by Gasteiger charge is 2.39. The largest absolute Gasteiger partial charge is 0.506 e. The minimum absolute atomic E-state index is 0.0603. The van der Waals surface area contributed by atoms with Gasteiger partial charge >= 0.3 is 0 Å². The number of ketones is 4. The summed E-state index contributed by atoms with van der Waals surface area (Å²) in [6.45, 7) is 1.84. The lowest BCUT2D eigenvalue weighted by molar-refractivity contribution is -0.110. The zero-order valence-electron chi connectivity index (χ0n) is 16.6. The molecule has 31 heavy (non-hydrogen) atoms. The van der Waals surface area contributed by atoms with E-state index in [2.05, 4.69) is 0 Å². The van der Waals surface area contributed by atoms with Gasteiger partial charge in [-0.2, -0.15) is 0 Å². The molecule has 0 heterocycles. The van der Waals surface area contributed by atoms with E-state index in [1.165, 1.54) is 6.07 Å². The molecular formula is C26H16O5. The monoisotopic (exact) mass is 408 g/mol. The fourth-order valence-corrected chi connectivity index (χ4v) is 4.41. The summed E-state index contributed by atoms with van der Waals surface area (Å²) in [6, 6.07) is 16.1. The number of fused-ring (bicyclic) bond motifs is 3. The van der Waals surface area contributed by atoms with Crippen LogP contribution in [0.4, 0.5) is 0 Å². The Labute approximate surface area is 177 Å². The summed E-state index contributed by atoms with van der Waals surface area (Å²) in [5.41, 5.74) is 1.65. The van der Waals surface area contributed by atoms with Gasteiger partial charge in [0.1, 0.15) is 5.76 Å². The molecule has 5 heteroatoms. The minimum Gasteiger partial charge on any atom is -0.506 e. The van der Waals surface area contributed by atoms with Crippen molar-refractivity contribution >= 4 is 34.5 Å². The molecule has 150 valence electrons. The Balaban J connectivity index is 1.88. The van der Waals surface area contributed by atoms with Gasteiger partial charge in [0.25, 0.3) is 0 Å². The Morgan fingerprint density at radius 1 is 0.581 bits per heavy atom. The molecule has 0 fully saturated rings. The number of allylic oxidation sites excluding steroid dienone is 1. The second kappa shape index (κ2) is 6.71. The van der Waals surface area contributed by atoms with Gasteiger partial charge in [0.2, 0.25) is 11.6 Å². The average molecular weight is 408 g/mol. The maximum Gasteiger partial charge on any atom is 0.237 e. The summed E-state index contributed by atoms with van der Waals surface area (Å²) < 4.78 is 0. The molecule has 0 unspecified atom stereocenters.